The SMILES string of the molecule is O=C(Cc1ccc(C(F)(F)F)cc1)N1CCC2(CC1)C(=O)Nc1ccccc12. The van der Waals surface area contributed by atoms with Crippen LogP contribution in [0.5, 0.6) is 0 Å². The number of carbonyl (C=O) groups excluding carboxylic acids is 2. The van der Waals surface area contributed by atoms with Crippen LogP contribution in [0, 0.1) is 0 Å². The van der Waals surface area contributed by atoms with Crippen molar-refractivity contribution >= 4 is 17.5 Å². The summed E-state index contributed by atoms with van der Waals surface area (Å²) in [7, 11) is 0. The first kappa shape index (κ1) is 18.5. The summed E-state index contributed by atoms with van der Waals surface area (Å²) in [6.07, 6.45) is -3.26. The van der Waals surface area contributed by atoms with Gasteiger partial charge in [-0.25, -0.2) is 0 Å². The zero-order valence-corrected chi connectivity index (χ0v) is 15.1. The second-order valence-corrected chi connectivity index (χ2v) is 7.33. The largest absolute Gasteiger partial charge is 0.416 e. The maximum absolute atomic E-state index is 12.6. The first-order valence-electron chi connectivity index (χ1n) is 9.14. The number of amides is 2. The lowest BCUT2D eigenvalue weighted by Crippen LogP contribution is -2.48. The van der Waals surface area contributed by atoms with E-state index in [1.807, 2.05) is 24.3 Å². The van der Waals surface area contributed by atoms with Gasteiger partial charge in [0, 0.05) is 18.8 Å². The predicted molar refractivity (Wildman–Crippen MR) is 97.7 cm³/mol. The van der Waals surface area contributed by atoms with Crippen molar-refractivity contribution < 1.29 is 22.8 Å². The number of piperidine rings is 1. The average molecular weight is 388 g/mol. The van der Waals surface area contributed by atoms with Crippen molar-refractivity contribution in [1.82, 2.24) is 4.90 Å². The molecule has 7 heteroatoms. The molecule has 2 aliphatic rings. The third kappa shape index (κ3) is 3.15. The van der Waals surface area contributed by atoms with Gasteiger partial charge in [-0.15, -0.1) is 0 Å². The van der Waals surface area contributed by atoms with Gasteiger partial charge in [0.25, 0.3) is 0 Å². The molecule has 0 bridgehead atoms. The molecule has 1 saturated heterocycles. The molecule has 2 aromatic carbocycles. The van der Waals surface area contributed by atoms with Crippen LogP contribution in [0.3, 0.4) is 0 Å². The van der Waals surface area contributed by atoms with Crippen molar-refractivity contribution in [3.63, 3.8) is 0 Å². The number of nitrogens with one attached hydrogen (secondary N) is 1. The first-order chi connectivity index (χ1) is 13.3. The molecule has 2 aliphatic heterocycles. The van der Waals surface area contributed by atoms with Gasteiger partial charge in [-0.05, 0) is 42.2 Å². The minimum absolute atomic E-state index is 0.0245. The Morgan fingerprint density at radius 2 is 1.68 bits per heavy atom. The normalized spacial score (nSPS) is 18.1. The van der Waals surface area contributed by atoms with Gasteiger partial charge in [0.2, 0.25) is 11.8 Å². The Labute approximate surface area is 160 Å². The second kappa shape index (κ2) is 6.65. The molecule has 2 aromatic rings. The summed E-state index contributed by atoms with van der Waals surface area (Å²) in [6, 6.07) is 12.3. The van der Waals surface area contributed by atoms with Crippen molar-refractivity contribution in [2.75, 3.05) is 18.4 Å². The van der Waals surface area contributed by atoms with E-state index in [2.05, 4.69) is 5.32 Å². The number of likely N-dealkylation sites (tertiary alicyclic amines) is 1. The van der Waals surface area contributed by atoms with Gasteiger partial charge in [-0.3, -0.25) is 9.59 Å². The fourth-order valence-electron chi connectivity index (χ4n) is 4.11. The van der Waals surface area contributed by atoms with E-state index in [0.29, 0.717) is 31.5 Å². The third-order valence-corrected chi connectivity index (χ3v) is 5.73. The van der Waals surface area contributed by atoms with Crippen molar-refractivity contribution in [3.8, 4) is 0 Å². The van der Waals surface area contributed by atoms with Crippen LogP contribution in [0.1, 0.15) is 29.5 Å². The number of nitrogens with zero attached hydrogens (tertiary/aromatic N) is 1. The zero-order chi connectivity index (χ0) is 19.9. The molecule has 4 rings (SSSR count). The number of fused-ring (bicyclic) bond motifs is 2. The molecule has 1 N–H and O–H groups in total. The third-order valence-electron chi connectivity index (χ3n) is 5.73. The van der Waals surface area contributed by atoms with Crippen molar-refractivity contribution in [1.29, 1.82) is 0 Å². The van der Waals surface area contributed by atoms with Crippen molar-refractivity contribution in [2.45, 2.75) is 30.9 Å². The number of hydrogen-bond acceptors (Lipinski definition) is 2. The summed E-state index contributed by atoms with van der Waals surface area (Å²) >= 11 is 0. The van der Waals surface area contributed by atoms with E-state index >= 15 is 0 Å². The summed E-state index contributed by atoms with van der Waals surface area (Å²) in [5, 5.41) is 2.92. The van der Waals surface area contributed by atoms with Crippen LogP contribution in [0.2, 0.25) is 0 Å². The predicted octanol–water partition coefficient (Wildman–Crippen LogP) is 3.76. The van der Waals surface area contributed by atoms with Gasteiger partial charge in [0.1, 0.15) is 0 Å². The Kier molecular flexibility index (Phi) is 4.40. The van der Waals surface area contributed by atoms with E-state index in [-0.39, 0.29) is 18.2 Å². The van der Waals surface area contributed by atoms with E-state index in [4.69, 9.17) is 0 Å². The lowest BCUT2D eigenvalue weighted by atomic mass is 9.73. The number of hydrogen-bond donors (Lipinski definition) is 1. The van der Waals surface area contributed by atoms with Crippen LogP contribution < -0.4 is 5.32 Å². The van der Waals surface area contributed by atoms with Gasteiger partial charge in [-0.1, -0.05) is 30.3 Å². The van der Waals surface area contributed by atoms with E-state index in [0.717, 1.165) is 23.4 Å². The van der Waals surface area contributed by atoms with Crippen LogP contribution in [-0.2, 0) is 27.6 Å². The number of rotatable bonds is 2. The van der Waals surface area contributed by atoms with Gasteiger partial charge >= 0.3 is 6.18 Å². The molecule has 0 unspecified atom stereocenters. The topological polar surface area (TPSA) is 49.4 Å². The molecule has 2 amide bonds. The van der Waals surface area contributed by atoms with Crippen LogP contribution in [0.4, 0.5) is 18.9 Å². The first-order valence-corrected chi connectivity index (χ1v) is 9.14. The Morgan fingerprint density at radius 1 is 1.04 bits per heavy atom. The van der Waals surface area contributed by atoms with Crippen LogP contribution >= 0.6 is 0 Å². The lowest BCUT2D eigenvalue weighted by molar-refractivity contribution is -0.137. The molecule has 0 aliphatic carbocycles. The van der Waals surface area contributed by atoms with Gasteiger partial charge in [-0.2, -0.15) is 13.2 Å². The molecule has 0 atom stereocenters. The standard InChI is InChI=1S/C21H19F3N2O2/c22-21(23,24)15-7-5-14(6-8-15)13-18(27)26-11-9-20(10-12-26)16-3-1-2-4-17(16)25-19(20)28/h1-8H,9-13H2,(H,25,28). The molecular weight excluding hydrogens is 369 g/mol. The quantitative estimate of drug-likeness (QED) is 0.852. The summed E-state index contributed by atoms with van der Waals surface area (Å²) in [4.78, 5) is 26.9. The van der Waals surface area contributed by atoms with Crippen molar-refractivity contribution in [2.24, 2.45) is 0 Å². The van der Waals surface area contributed by atoms with Crippen LogP contribution in [-0.4, -0.2) is 29.8 Å². The molecule has 1 fully saturated rings. The Bertz CT molecular complexity index is 914. The van der Waals surface area contributed by atoms with Gasteiger partial charge < -0.3 is 10.2 Å². The highest BCUT2D eigenvalue weighted by molar-refractivity contribution is 6.06. The number of carbonyl (C=O) groups is 2. The fraction of sp³-hybridized carbons (Fsp3) is 0.333. The fourth-order valence-corrected chi connectivity index (χ4v) is 4.11. The highest BCUT2D eigenvalue weighted by Gasteiger charge is 2.48. The highest BCUT2D eigenvalue weighted by atomic mass is 19.4. The van der Waals surface area contributed by atoms with Gasteiger partial charge in [0.15, 0.2) is 0 Å². The Morgan fingerprint density at radius 3 is 2.32 bits per heavy atom. The lowest BCUT2D eigenvalue weighted by Gasteiger charge is -2.38. The number of para-hydroxylation sites is 1. The molecule has 2 heterocycles. The molecular formula is C21H19F3N2O2. The smallest absolute Gasteiger partial charge is 0.342 e. The van der Waals surface area contributed by atoms with Crippen LogP contribution in [0.15, 0.2) is 48.5 Å². The second-order valence-electron chi connectivity index (χ2n) is 7.33. The molecule has 0 saturated carbocycles. The number of anilines is 1. The number of benzene rings is 2. The maximum atomic E-state index is 12.6. The van der Waals surface area contributed by atoms with E-state index < -0.39 is 17.2 Å². The zero-order valence-electron chi connectivity index (χ0n) is 15.1. The number of alkyl halides is 3. The van der Waals surface area contributed by atoms with Crippen molar-refractivity contribution in [3.05, 3.63) is 65.2 Å². The highest BCUT2D eigenvalue weighted by Crippen LogP contribution is 2.44. The molecule has 28 heavy (non-hydrogen) atoms. The Balaban J connectivity index is 1.42. The summed E-state index contributed by atoms with van der Waals surface area (Å²) < 4.78 is 37.9. The summed E-state index contributed by atoms with van der Waals surface area (Å²) in [6.45, 7) is 0.891. The number of halogens is 3. The molecule has 146 valence electrons. The summed E-state index contributed by atoms with van der Waals surface area (Å²) in [5.74, 6) is -0.162. The summed E-state index contributed by atoms with van der Waals surface area (Å²) in [5.41, 5.74) is 1.03. The molecule has 0 aromatic heterocycles. The molecule has 4 nitrogen and oxygen atoms in total. The minimum atomic E-state index is -4.39. The van der Waals surface area contributed by atoms with E-state index in [1.54, 1.807) is 4.90 Å². The maximum Gasteiger partial charge on any atom is 0.416 e. The molecule has 1 spiro atoms. The van der Waals surface area contributed by atoms with E-state index in [1.165, 1.54) is 12.1 Å². The van der Waals surface area contributed by atoms with Crippen LogP contribution in [0.25, 0.3) is 0 Å². The van der Waals surface area contributed by atoms with E-state index in [9.17, 15) is 22.8 Å². The average Bonchev–Trinajstić information content (AvgIpc) is 2.94. The van der Waals surface area contributed by atoms with Gasteiger partial charge in [0.05, 0.1) is 17.4 Å². The monoisotopic (exact) mass is 388 g/mol. The Hall–Kier alpha value is -2.83. The minimum Gasteiger partial charge on any atom is -0.342 e. The molecule has 0 radical (unpaired) electrons.